The van der Waals surface area contributed by atoms with Crippen molar-refractivity contribution >= 4 is 22.5 Å². The van der Waals surface area contributed by atoms with Gasteiger partial charge in [0, 0.05) is 5.39 Å². The van der Waals surface area contributed by atoms with E-state index in [2.05, 4.69) is 4.98 Å². The van der Waals surface area contributed by atoms with Gasteiger partial charge in [0.2, 0.25) is 0 Å². The molecule has 1 aromatic carbocycles. The molecule has 15 heavy (non-hydrogen) atoms. The van der Waals surface area contributed by atoms with Gasteiger partial charge < -0.3 is 4.74 Å². The molecule has 0 N–H and O–H groups in total. The quantitative estimate of drug-likeness (QED) is 0.688. The van der Waals surface area contributed by atoms with Gasteiger partial charge >= 0.3 is 0 Å². The van der Waals surface area contributed by atoms with Crippen LogP contribution in [0.5, 0.6) is 5.75 Å². The normalized spacial score (nSPS) is 10.7. The fourth-order valence-corrected chi connectivity index (χ4v) is 1.77. The summed E-state index contributed by atoms with van der Waals surface area (Å²) in [5.41, 5.74) is 2.99. The number of methoxy groups -OCH3 is 1. The molecule has 3 heteroatoms. The van der Waals surface area contributed by atoms with Crippen molar-refractivity contribution in [3.8, 4) is 5.75 Å². The maximum atomic E-state index is 5.99. The zero-order valence-electron chi connectivity index (χ0n) is 8.97. The highest BCUT2D eigenvalue weighted by Crippen LogP contribution is 2.26. The highest BCUT2D eigenvalue weighted by atomic mass is 35.5. The van der Waals surface area contributed by atoms with Gasteiger partial charge in [-0.05, 0) is 43.2 Å². The molecule has 0 radical (unpaired) electrons. The minimum Gasteiger partial charge on any atom is -0.497 e. The van der Waals surface area contributed by atoms with Crippen molar-refractivity contribution in [3.63, 3.8) is 0 Å². The predicted molar refractivity (Wildman–Crippen MR) is 62.8 cm³/mol. The van der Waals surface area contributed by atoms with Crippen LogP contribution in [0.2, 0.25) is 5.15 Å². The van der Waals surface area contributed by atoms with Crippen molar-refractivity contribution in [3.05, 3.63) is 34.5 Å². The van der Waals surface area contributed by atoms with Crippen LogP contribution < -0.4 is 4.74 Å². The lowest BCUT2D eigenvalue weighted by Gasteiger charge is -2.07. The Hall–Kier alpha value is -1.28. The van der Waals surface area contributed by atoms with Gasteiger partial charge in [0.05, 0.1) is 12.6 Å². The molecule has 0 amide bonds. The van der Waals surface area contributed by atoms with E-state index in [9.17, 15) is 0 Å². The second-order valence-electron chi connectivity index (χ2n) is 3.61. The fraction of sp³-hybridized carbons (Fsp3) is 0.250. The molecule has 0 aliphatic rings. The van der Waals surface area contributed by atoms with Crippen LogP contribution in [0.15, 0.2) is 18.2 Å². The van der Waals surface area contributed by atoms with E-state index in [-0.39, 0.29) is 0 Å². The molecule has 1 aromatic heterocycles. The van der Waals surface area contributed by atoms with Crippen LogP contribution in [0.25, 0.3) is 10.9 Å². The molecule has 0 bridgehead atoms. The maximum Gasteiger partial charge on any atom is 0.132 e. The molecule has 0 saturated carbocycles. The molecule has 0 atom stereocenters. The summed E-state index contributed by atoms with van der Waals surface area (Å²) in [6, 6.07) is 5.96. The predicted octanol–water partition coefficient (Wildman–Crippen LogP) is 3.51. The van der Waals surface area contributed by atoms with Crippen molar-refractivity contribution in [2.75, 3.05) is 7.11 Å². The summed E-state index contributed by atoms with van der Waals surface area (Å²) in [4.78, 5) is 4.36. The molecule has 1 heterocycles. The van der Waals surface area contributed by atoms with Crippen molar-refractivity contribution in [2.24, 2.45) is 0 Å². The Kier molecular flexibility index (Phi) is 2.53. The van der Waals surface area contributed by atoms with Gasteiger partial charge in [-0.15, -0.1) is 0 Å². The van der Waals surface area contributed by atoms with Crippen molar-refractivity contribution < 1.29 is 4.74 Å². The minimum absolute atomic E-state index is 0.566. The first-order chi connectivity index (χ1) is 7.11. The van der Waals surface area contributed by atoms with E-state index in [4.69, 9.17) is 16.3 Å². The monoisotopic (exact) mass is 221 g/mol. The van der Waals surface area contributed by atoms with Gasteiger partial charge in [-0.1, -0.05) is 11.6 Å². The molecule has 0 spiro atoms. The molecule has 0 fully saturated rings. The summed E-state index contributed by atoms with van der Waals surface area (Å²) in [7, 11) is 1.66. The number of nitrogens with zero attached hydrogens (tertiary/aromatic N) is 1. The number of benzene rings is 1. The number of fused-ring (bicyclic) bond motifs is 1. The van der Waals surface area contributed by atoms with Crippen molar-refractivity contribution in [1.29, 1.82) is 0 Å². The number of aromatic nitrogens is 1. The Morgan fingerprint density at radius 2 is 1.87 bits per heavy atom. The number of hydrogen-bond acceptors (Lipinski definition) is 2. The topological polar surface area (TPSA) is 22.1 Å². The van der Waals surface area contributed by atoms with Crippen LogP contribution in [0.1, 0.15) is 11.1 Å². The van der Waals surface area contributed by atoms with Gasteiger partial charge in [-0.2, -0.15) is 0 Å². The van der Waals surface area contributed by atoms with Gasteiger partial charge in [-0.3, -0.25) is 0 Å². The molecule has 2 aromatic rings. The summed E-state index contributed by atoms with van der Waals surface area (Å²) in [5, 5.41) is 1.63. The largest absolute Gasteiger partial charge is 0.497 e. The van der Waals surface area contributed by atoms with E-state index in [0.29, 0.717) is 5.15 Å². The fourth-order valence-electron chi connectivity index (χ4n) is 1.63. The average Bonchev–Trinajstić information content (AvgIpc) is 2.21. The van der Waals surface area contributed by atoms with Gasteiger partial charge in [0.25, 0.3) is 0 Å². The Labute approximate surface area is 93.8 Å². The number of aryl methyl sites for hydroxylation is 2. The summed E-state index contributed by atoms with van der Waals surface area (Å²) in [6.45, 7) is 3.95. The maximum absolute atomic E-state index is 5.99. The first-order valence-electron chi connectivity index (χ1n) is 4.73. The molecule has 0 aliphatic carbocycles. The lowest BCUT2D eigenvalue weighted by molar-refractivity contribution is 0.415. The number of rotatable bonds is 1. The first-order valence-corrected chi connectivity index (χ1v) is 5.11. The molecule has 2 rings (SSSR count). The Morgan fingerprint density at radius 1 is 1.13 bits per heavy atom. The first kappa shape index (κ1) is 10.2. The van der Waals surface area contributed by atoms with Gasteiger partial charge in [-0.25, -0.2) is 4.98 Å². The second-order valence-corrected chi connectivity index (χ2v) is 3.97. The third kappa shape index (κ3) is 1.77. The molecule has 0 aliphatic heterocycles. The molecule has 78 valence electrons. The summed E-state index contributed by atoms with van der Waals surface area (Å²) < 4.78 is 5.21. The Bertz CT molecular complexity index is 523. The van der Waals surface area contributed by atoms with Crippen LogP contribution in [-0.2, 0) is 0 Å². The zero-order chi connectivity index (χ0) is 11.0. The lowest BCUT2D eigenvalue weighted by Crippen LogP contribution is -1.90. The van der Waals surface area contributed by atoms with E-state index >= 15 is 0 Å². The van der Waals surface area contributed by atoms with Crippen LogP contribution in [-0.4, -0.2) is 12.1 Å². The second kappa shape index (κ2) is 3.70. The van der Waals surface area contributed by atoms with Crippen LogP contribution >= 0.6 is 11.6 Å². The average molecular weight is 222 g/mol. The van der Waals surface area contributed by atoms with E-state index in [0.717, 1.165) is 27.8 Å². The van der Waals surface area contributed by atoms with E-state index in [1.807, 2.05) is 32.0 Å². The van der Waals surface area contributed by atoms with Crippen molar-refractivity contribution in [2.45, 2.75) is 13.8 Å². The van der Waals surface area contributed by atoms with Gasteiger partial charge in [0.1, 0.15) is 10.9 Å². The third-order valence-corrected chi connectivity index (χ3v) is 2.83. The highest BCUT2D eigenvalue weighted by Gasteiger charge is 2.05. The van der Waals surface area contributed by atoms with Crippen LogP contribution in [0, 0.1) is 13.8 Å². The van der Waals surface area contributed by atoms with E-state index < -0.39 is 0 Å². The minimum atomic E-state index is 0.566. The standard InChI is InChI=1S/C12H12ClNO/c1-7-5-10(15-3)6-9-4-8(2)12(13)14-11(7)9/h4-6H,1-3H3. The number of pyridine rings is 1. The molecule has 0 saturated heterocycles. The number of hydrogen-bond donors (Lipinski definition) is 0. The molecule has 0 unspecified atom stereocenters. The SMILES string of the molecule is COc1cc(C)c2nc(Cl)c(C)cc2c1. The Morgan fingerprint density at radius 3 is 2.53 bits per heavy atom. The Balaban J connectivity index is 2.80. The smallest absolute Gasteiger partial charge is 0.132 e. The van der Waals surface area contributed by atoms with Crippen LogP contribution in [0.4, 0.5) is 0 Å². The zero-order valence-corrected chi connectivity index (χ0v) is 9.72. The van der Waals surface area contributed by atoms with Crippen molar-refractivity contribution in [1.82, 2.24) is 4.98 Å². The van der Waals surface area contributed by atoms with Crippen LogP contribution in [0.3, 0.4) is 0 Å². The summed E-state index contributed by atoms with van der Waals surface area (Å²) in [5.74, 6) is 0.850. The third-order valence-electron chi connectivity index (χ3n) is 2.45. The van der Waals surface area contributed by atoms with Gasteiger partial charge in [0.15, 0.2) is 0 Å². The molecular formula is C12H12ClNO. The highest BCUT2D eigenvalue weighted by molar-refractivity contribution is 6.30. The molecule has 2 nitrogen and oxygen atoms in total. The number of ether oxygens (including phenoxy) is 1. The van der Waals surface area contributed by atoms with E-state index in [1.54, 1.807) is 7.11 Å². The lowest BCUT2D eigenvalue weighted by atomic mass is 10.1. The summed E-state index contributed by atoms with van der Waals surface area (Å²) in [6.07, 6.45) is 0. The van der Waals surface area contributed by atoms with E-state index in [1.165, 1.54) is 0 Å². The summed E-state index contributed by atoms with van der Waals surface area (Å²) >= 11 is 5.99. The number of halogens is 1. The molecular weight excluding hydrogens is 210 g/mol.